The van der Waals surface area contributed by atoms with E-state index in [0.717, 1.165) is 48.2 Å². The Morgan fingerprint density at radius 2 is 1.62 bits per heavy atom. The fourth-order valence-corrected chi connectivity index (χ4v) is 5.26. The number of nitrogens with one attached hydrogen (secondary N) is 1. The van der Waals surface area contributed by atoms with Crippen LogP contribution in [0.4, 0.5) is 5.69 Å². The van der Waals surface area contributed by atoms with Crippen LogP contribution in [0, 0.1) is 6.92 Å². The van der Waals surface area contributed by atoms with Gasteiger partial charge >= 0.3 is 0 Å². The molecule has 1 atom stereocenters. The second-order valence-corrected chi connectivity index (χ2v) is 9.53. The standard InChI is InChI=1S/C29H29N7O/c1-21-9-8-12-23-19-25(29(37)30-26(21)23)27(28-31-32-33-36(28)20-22-10-4-2-5-11-22)35-17-15-34(16-18-35)24-13-6-3-7-14-24/h2-14,19,27H,15-18,20H2,1H3,(H,30,37)/t27-/m1/s1. The van der Waals surface area contributed by atoms with Gasteiger partial charge in [0.2, 0.25) is 0 Å². The molecule has 1 N–H and O–H groups in total. The van der Waals surface area contributed by atoms with Gasteiger partial charge in [-0.15, -0.1) is 5.10 Å². The van der Waals surface area contributed by atoms with Gasteiger partial charge in [-0.25, -0.2) is 4.68 Å². The average molecular weight is 492 g/mol. The highest BCUT2D eigenvalue weighted by molar-refractivity contribution is 5.82. The summed E-state index contributed by atoms with van der Waals surface area (Å²) >= 11 is 0. The van der Waals surface area contributed by atoms with Crippen LogP contribution in [0.3, 0.4) is 0 Å². The van der Waals surface area contributed by atoms with Gasteiger partial charge in [0, 0.05) is 37.4 Å². The number of hydrogen-bond donors (Lipinski definition) is 1. The first-order valence-corrected chi connectivity index (χ1v) is 12.6. The maximum absolute atomic E-state index is 13.5. The molecule has 8 nitrogen and oxygen atoms in total. The van der Waals surface area contributed by atoms with Crippen LogP contribution in [0.1, 0.15) is 28.6 Å². The minimum atomic E-state index is -0.370. The van der Waals surface area contributed by atoms with Gasteiger partial charge in [0.05, 0.1) is 12.1 Å². The van der Waals surface area contributed by atoms with Crippen LogP contribution in [0.5, 0.6) is 0 Å². The highest BCUT2D eigenvalue weighted by Gasteiger charge is 2.32. The smallest absolute Gasteiger partial charge is 0.253 e. The topological polar surface area (TPSA) is 82.9 Å². The number of aromatic nitrogens is 5. The van der Waals surface area contributed by atoms with Crippen molar-refractivity contribution in [1.82, 2.24) is 30.1 Å². The quantitative estimate of drug-likeness (QED) is 0.389. The summed E-state index contributed by atoms with van der Waals surface area (Å²) in [6, 6.07) is 28.3. The van der Waals surface area contributed by atoms with E-state index in [0.29, 0.717) is 17.9 Å². The van der Waals surface area contributed by atoms with E-state index in [1.165, 1.54) is 5.69 Å². The number of anilines is 1. The van der Waals surface area contributed by atoms with Gasteiger partial charge < -0.3 is 9.88 Å². The average Bonchev–Trinajstić information content (AvgIpc) is 3.39. The number of para-hydroxylation sites is 2. The number of tetrazole rings is 1. The third-order valence-electron chi connectivity index (χ3n) is 7.19. The lowest BCUT2D eigenvalue weighted by Crippen LogP contribution is -2.49. The number of aryl methyl sites for hydroxylation is 1. The molecule has 1 aliphatic heterocycles. The first-order chi connectivity index (χ1) is 18.2. The maximum atomic E-state index is 13.5. The number of H-pyrrole nitrogens is 1. The van der Waals surface area contributed by atoms with Crippen molar-refractivity contribution in [2.24, 2.45) is 0 Å². The van der Waals surface area contributed by atoms with Crippen LogP contribution in [-0.2, 0) is 6.54 Å². The van der Waals surface area contributed by atoms with Crippen molar-refractivity contribution in [3.8, 4) is 0 Å². The van der Waals surface area contributed by atoms with E-state index in [9.17, 15) is 4.79 Å². The molecule has 1 aliphatic rings. The number of pyridine rings is 1. The Labute approximate surface area is 215 Å². The summed E-state index contributed by atoms with van der Waals surface area (Å²) in [6.07, 6.45) is 0. The number of hydrogen-bond acceptors (Lipinski definition) is 6. The first kappa shape index (κ1) is 23.1. The number of fused-ring (bicyclic) bond motifs is 1. The molecule has 0 radical (unpaired) electrons. The Bertz CT molecular complexity index is 1550. The summed E-state index contributed by atoms with van der Waals surface area (Å²) in [4.78, 5) is 21.4. The molecular weight excluding hydrogens is 462 g/mol. The Morgan fingerprint density at radius 3 is 2.38 bits per heavy atom. The molecule has 0 amide bonds. The zero-order valence-electron chi connectivity index (χ0n) is 20.8. The molecule has 0 aliphatic carbocycles. The predicted octanol–water partition coefficient (Wildman–Crippen LogP) is 3.78. The fraction of sp³-hybridized carbons (Fsp3) is 0.241. The van der Waals surface area contributed by atoms with Crippen LogP contribution < -0.4 is 10.5 Å². The Hall–Kier alpha value is -4.30. The Kier molecular flexibility index (Phi) is 6.24. The third kappa shape index (κ3) is 4.63. The monoisotopic (exact) mass is 491 g/mol. The molecule has 0 spiro atoms. The molecule has 2 aromatic heterocycles. The van der Waals surface area contributed by atoms with E-state index in [2.05, 4.69) is 66.7 Å². The molecule has 0 bridgehead atoms. The normalized spacial score (nSPS) is 15.2. The highest BCUT2D eigenvalue weighted by Crippen LogP contribution is 2.29. The van der Waals surface area contributed by atoms with Gasteiger partial charge in [-0.05, 0) is 52.1 Å². The molecule has 3 heterocycles. The lowest BCUT2D eigenvalue weighted by Gasteiger charge is -2.39. The van der Waals surface area contributed by atoms with E-state index >= 15 is 0 Å². The lowest BCUT2D eigenvalue weighted by atomic mass is 10.0. The van der Waals surface area contributed by atoms with Crippen LogP contribution >= 0.6 is 0 Å². The molecule has 186 valence electrons. The summed E-state index contributed by atoms with van der Waals surface area (Å²) in [6.45, 7) is 5.82. The molecular formula is C29H29N7O. The molecule has 8 heteroatoms. The van der Waals surface area contributed by atoms with Crippen LogP contribution in [-0.4, -0.2) is 56.3 Å². The van der Waals surface area contributed by atoms with Gasteiger partial charge in [-0.1, -0.05) is 66.7 Å². The SMILES string of the molecule is Cc1cccc2cc([C@H](c3nnnn3Cc3ccccc3)N3CCN(c4ccccc4)CC3)c(=O)[nH]c12. The number of rotatable bonds is 6. The summed E-state index contributed by atoms with van der Waals surface area (Å²) in [5.74, 6) is 0.675. The fourth-order valence-electron chi connectivity index (χ4n) is 5.26. The zero-order chi connectivity index (χ0) is 25.2. The van der Waals surface area contributed by atoms with E-state index in [4.69, 9.17) is 0 Å². The van der Waals surface area contributed by atoms with Gasteiger partial charge in [0.15, 0.2) is 5.82 Å². The first-order valence-electron chi connectivity index (χ1n) is 12.6. The summed E-state index contributed by atoms with van der Waals surface area (Å²) in [7, 11) is 0. The summed E-state index contributed by atoms with van der Waals surface area (Å²) in [5, 5.41) is 13.8. The van der Waals surface area contributed by atoms with E-state index in [1.807, 2.05) is 60.1 Å². The Morgan fingerprint density at radius 1 is 0.892 bits per heavy atom. The largest absolute Gasteiger partial charge is 0.369 e. The van der Waals surface area contributed by atoms with E-state index in [-0.39, 0.29) is 11.6 Å². The highest BCUT2D eigenvalue weighted by atomic mass is 16.1. The second kappa shape index (κ2) is 9.99. The van der Waals surface area contributed by atoms with Crippen molar-refractivity contribution < 1.29 is 0 Å². The van der Waals surface area contributed by atoms with E-state index < -0.39 is 0 Å². The van der Waals surface area contributed by atoms with Gasteiger partial charge in [-0.2, -0.15) is 0 Å². The number of benzene rings is 3. The second-order valence-electron chi connectivity index (χ2n) is 9.53. The number of aromatic amines is 1. The lowest BCUT2D eigenvalue weighted by molar-refractivity contribution is 0.200. The number of piperazine rings is 1. The van der Waals surface area contributed by atoms with Crippen molar-refractivity contribution in [1.29, 1.82) is 0 Å². The molecule has 37 heavy (non-hydrogen) atoms. The molecule has 1 saturated heterocycles. The molecule has 5 aromatic rings. The van der Waals surface area contributed by atoms with Crippen molar-refractivity contribution in [2.75, 3.05) is 31.1 Å². The van der Waals surface area contributed by atoms with Crippen molar-refractivity contribution in [3.63, 3.8) is 0 Å². The van der Waals surface area contributed by atoms with Crippen molar-refractivity contribution >= 4 is 16.6 Å². The van der Waals surface area contributed by atoms with Gasteiger partial charge in [0.25, 0.3) is 5.56 Å². The van der Waals surface area contributed by atoms with Crippen LogP contribution in [0.25, 0.3) is 10.9 Å². The van der Waals surface area contributed by atoms with Gasteiger partial charge in [-0.3, -0.25) is 9.69 Å². The zero-order valence-corrected chi connectivity index (χ0v) is 20.8. The molecule has 6 rings (SSSR count). The number of nitrogens with zero attached hydrogens (tertiary/aromatic N) is 6. The molecule has 0 unspecified atom stereocenters. The summed E-state index contributed by atoms with van der Waals surface area (Å²) in [5.41, 5.74) is 4.79. The molecule has 0 saturated carbocycles. The van der Waals surface area contributed by atoms with Crippen molar-refractivity contribution in [3.05, 3.63) is 118 Å². The van der Waals surface area contributed by atoms with Crippen molar-refractivity contribution in [2.45, 2.75) is 19.5 Å². The van der Waals surface area contributed by atoms with Crippen LogP contribution in [0.2, 0.25) is 0 Å². The van der Waals surface area contributed by atoms with Crippen LogP contribution in [0.15, 0.2) is 89.7 Å². The maximum Gasteiger partial charge on any atom is 0.253 e. The summed E-state index contributed by atoms with van der Waals surface area (Å²) < 4.78 is 1.82. The van der Waals surface area contributed by atoms with Gasteiger partial charge in [0.1, 0.15) is 6.04 Å². The Balaban J connectivity index is 1.40. The minimum Gasteiger partial charge on any atom is -0.369 e. The predicted molar refractivity (Wildman–Crippen MR) is 145 cm³/mol. The third-order valence-corrected chi connectivity index (χ3v) is 7.19. The minimum absolute atomic E-state index is 0.105. The molecule has 3 aromatic carbocycles. The van der Waals surface area contributed by atoms with E-state index in [1.54, 1.807) is 0 Å². The molecule has 1 fully saturated rings.